The van der Waals surface area contributed by atoms with Crippen molar-refractivity contribution in [3.63, 3.8) is 0 Å². The zero-order valence-electron chi connectivity index (χ0n) is 7.64. The van der Waals surface area contributed by atoms with Crippen LogP contribution in [0.2, 0.25) is 0 Å². The fraction of sp³-hybridized carbons (Fsp3) is 0. The highest BCUT2D eigenvalue weighted by Gasteiger charge is 2.02. The number of fused-ring (bicyclic) bond motifs is 1. The summed E-state index contributed by atoms with van der Waals surface area (Å²) in [6.45, 7) is 0. The van der Waals surface area contributed by atoms with Crippen molar-refractivity contribution in [2.24, 2.45) is 0 Å². The Labute approximate surface area is 83.6 Å². The van der Waals surface area contributed by atoms with Gasteiger partial charge >= 0.3 is 5.69 Å². The Hall–Kier alpha value is -2.37. The van der Waals surface area contributed by atoms with Gasteiger partial charge in [-0.05, 0) is 12.1 Å². The number of hydrogen-bond acceptors (Lipinski definition) is 3. The second-order valence-electron chi connectivity index (χ2n) is 3.11. The second-order valence-corrected chi connectivity index (χ2v) is 3.11. The Balaban J connectivity index is 2.26. The average molecular weight is 201 g/mol. The standard InChI is InChI=1S/C9H7N5O/c15-9-11-6-1-2-7(12-8(6)13-9)14-4-3-10-5-14/h1-5H,(H2,11,12,13,15). The minimum atomic E-state index is -0.250. The number of nitrogens with one attached hydrogen (secondary N) is 2. The SMILES string of the molecule is O=c1[nH]c2ccc(-n3ccnc3)nc2[nH]1. The number of H-pyrrole nitrogens is 2. The first kappa shape index (κ1) is 7.98. The van der Waals surface area contributed by atoms with Gasteiger partial charge in [0.05, 0.1) is 5.52 Å². The maximum atomic E-state index is 11.0. The van der Waals surface area contributed by atoms with Crippen molar-refractivity contribution in [2.45, 2.75) is 0 Å². The summed E-state index contributed by atoms with van der Waals surface area (Å²) >= 11 is 0. The van der Waals surface area contributed by atoms with Crippen LogP contribution < -0.4 is 5.69 Å². The molecule has 0 aliphatic rings. The summed E-state index contributed by atoms with van der Waals surface area (Å²) in [5.41, 5.74) is 0.996. The fourth-order valence-corrected chi connectivity index (χ4v) is 1.44. The predicted octanol–water partition coefficient (Wildman–Crippen LogP) is 0.437. The largest absolute Gasteiger partial charge is 0.325 e. The van der Waals surface area contributed by atoms with Crippen LogP contribution >= 0.6 is 0 Å². The summed E-state index contributed by atoms with van der Waals surface area (Å²) < 4.78 is 1.77. The van der Waals surface area contributed by atoms with Crippen LogP contribution in [-0.2, 0) is 0 Å². The molecule has 74 valence electrons. The van der Waals surface area contributed by atoms with Crippen LogP contribution in [-0.4, -0.2) is 24.5 Å². The number of nitrogens with zero attached hydrogens (tertiary/aromatic N) is 3. The Morgan fingerprint density at radius 3 is 3.00 bits per heavy atom. The lowest BCUT2D eigenvalue weighted by molar-refractivity contribution is 1.00. The quantitative estimate of drug-likeness (QED) is 0.599. The predicted molar refractivity (Wildman–Crippen MR) is 53.8 cm³/mol. The van der Waals surface area contributed by atoms with Crippen LogP contribution in [0.25, 0.3) is 17.0 Å². The molecule has 6 heteroatoms. The fourth-order valence-electron chi connectivity index (χ4n) is 1.44. The molecular weight excluding hydrogens is 194 g/mol. The minimum absolute atomic E-state index is 0.250. The number of aromatic nitrogens is 5. The third-order valence-corrected chi connectivity index (χ3v) is 2.13. The number of hydrogen-bond donors (Lipinski definition) is 2. The lowest BCUT2D eigenvalue weighted by Crippen LogP contribution is -1.99. The van der Waals surface area contributed by atoms with E-state index in [0.29, 0.717) is 11.2 Å². The highest BCUT2D eigenvalue weighted by molar-refractivity contribution is 5.70. The van der Waals surface area contributed by atoms with Crippen molar-refractivity contribution in [3.05, 3.63) is 41.3 Å². The Bertz CT molecular complexity index is 649. The van der Waals surface area contributed by atoms with Gasteiger partial charge < -0.3 is 4.98 Å². The first-order valence-corrected chi connectivity index (χ1v) is 4.40. The van der Waals surface area contributed by atoms with Gasteiger partial charge in [0.1, 0.15) is 12.1 Å². The topological polar surface area (TPSA) is 79.4 Å². The molecule has 15 heavy (non-hydrogen) atoms. The van der Waals surface area contributed by atoms with E-state index < -0.39 is 0 Å². The summed E-state index contributed by atoms with van der Waals surface area (Å²) in [5, 5.41) is 0. The lowest BCUT2D eigenvalue weighted by Gasteiger charge is -1.99. The van der Waals surface area contributed by atoms with Gasteiger partial charge in [0.25, 0.3) is 0 Å². The van der Waals surface area contributed by atoms with Crippen molar-refractivity contribution < 1.29 is 0 Å². The Morgan fingerprint density at radius 2 is 2.20 bits per heavy atom. The molecule has 6 nitrogen and oxygen atoms in total. The van der Waals surface area contributed by atoms with Crippen molar-refractivity contribution in [3.8, 4) is 5.82 Å². The van der Waals surface area contributed by atoms with E-state index in [2.05, 4.69) is 19.9 Å². The Morgan fingerprint density at radius 1 is 1.27 bits per heavy atom. The maximum Gasteiger partial charge on any atom is 0.325 e. The van der Waals surface area contributed by atoms with Crippen LogP contribution in [0.15, 0.2) is 35.6 Å². The van der Waals surface area contributed by atoms with Crippen LogP contribution in [0.5, 0.6) is 0 Å². The molecule has 0 saturated heterocycles. The molecule has 0 unspecified atom stereocenters. The second kappa shape index (κ2) is 2.81. The average Bonchev–Trinajstić information content (AvgIpc) is 2.82. The highest BCUT2D eigenvalue weighted by Crippen LogP contribution is 2.08. The molecule has 0 aromatic carbocycles. The van der Waals surface area contributed by atoms with Crippen LogP contribution in [0, 0.1) is 0 Å². The van der Waals surface area contributed by atoms with Gasteiger partial charge in [-0.1, -0.05) is 0 Å². The molecule has 0 atom stereocenters. The molecule has 0 amide bonds. The molecule has 0 saturated carbocycles. The zero-order valence-corrected chi connectivity index (χ0v) is 7.64. The number of aromatic amines is 2. The number of pyridine rings is 1. The van der Waals surface area contributed by atoms with E-state index in [0.717, 1.165) is 5.82 Å². The summed E-state index contributed by atoms with van der Waals surface area (Å²) in [6.07, 6.45) is 5.11. The van der Waals surface area contributed by atoms with Gasteiger partial charge in [0.15, 0.2) is 5.65 Å². The molecule has 0 fully saturated rings. The van der Waals surface area contributed by atoms with E-state index >= 15 is 0 Å². The van der Waals surface area contributed by atoms with Crippen LogP contribution in [0.1, 0.15) is 0 Å². The van der Waals surface area contributed by atoms with Gasteiger partial charge in [0, 0.05) is 12.4 Å². The summed E-state index contributed by atoms with van der Waals surface area (Å²) in [6, 6.07) is 3.61. The molecule has 0 radical (unpaired) electrons. The zero-order chi connectivity index (χ0) is 10.3. The van der Waals surface area contributed by atoms with Crippen molar-refractivity contribution in [1.29, 1.82) is 0 Å². The molecule has 0 spiro atoms. The monoisotopic (exact) mass is 201 g/mol. The van der Waals surface area contributed by atoms with Gasteiger partial charge in [-0.15, -0.1) is 0 Å². The van der Waals surface area contributed by atoms with Gasteiger partial charge in [-0.25, -0.2) is 14.8 Å². The molecule has 3 heterocycles. The molecular formula is C9H7N5O. The summed E-state index contributed by atoms with van der Waals surface area (Å²) in [7, 11) is 0. The molecule has 0 aliphatic carbocycles. The third-order valence-electron chi connectivity index (χ3n) is 2.13. The van der Waals surface area contributed by atoms with E-state index in [1.807, 2.05) is 6.07 Å². The van der Waals surface area contributed by atoms with E-state index in [1.165, 1.54) is 0 Å². The van der Waals surface area contributed by atoms with Gasteiger partial charge in [-0.2, -0.15) is 0 Å². The normalized spacial score (nSPS) is 10.9. The molecule has 3 aromatic heterocycles. The van der Waals surface area contributed by atoms with Crippen LogP contribution in [0.3, 0.4) is 0 Å². The molecule has 3 aromatic rings. The van der Waals surface area contributed by atoms with Gasteiger partial charge in [0.2, 0.25) is 0 Å². The highest BCUT2D eigenvalue weighted by atomic mass is 16.1. The van der Waals surface area contributed by atoms with E-state index in [4.69, 9.17) is 0 Å². The maximum absolute atomic E-state index is 11.0. The minimum Gasteiger partial charge on any atom is -0.304 e. The lowest BCUT2D eigenvalue weighted by atomic mass is 10.4. The third kappa shape index (κ3) is 1.23. The van der Waals surface area contributed by atoms with Gasteiger partial charge in [-0.3, -0.25) is 9.55 Å². The van der Waals surface area contributed by atoms with E-state index in [1.54, 1.807) is 29.4 Å². The molecule has 0 aliphatic heterocycles. The van der Waals surface area contributed by atoms with Crippen molar-refractivity contribution in [1.82, 2.24) is 24.5 Å². The first-order chi connectivity index (χ1) is 7.33. The van der Waals surface area contributed by atoms with E-state index in [9.17, 15) is 4.79 Å². The number of imidazole rings is 2. The Kier molecular flexibility index (Phi) is 1.49. The number of rotatable bonds is 1. The summed E-state index contributed by atoms with van der Waals surface area (Å²) in [5.74, 6) is 0.718. The smallest absolute Gasteiger partial charge is 0.304 e. The first-order valence-electron chi connectivity index (χ1n) is 4.40. The van der Waals surface area contributed by atoms with Crippen molar-refractivity contribution in [2.75, 3.05) is 0 Å². The molecule has 3 rings (SSSR count). The summed E-state index contributed by atoms with van der Waals surface area (Å²) in [4.78, 5) is 24.5. The van der Waals surface area contributed by atoms with Crippen LogP contribution in [0.4, 0.5) is 0 Å². The molecule has 2 N–H and O–H groups in total. The molecule has 0 bridgehead atoms. The van der Waals surface area contributed by atoms with Crippen molar-refractivity contribution >= 4 is 11.2 Å². The van der Waals surface area contributed by atoms with E-state index in [-0.39, 0.29) is 5.69 Å².